The first kappa shape index (κ1) is 20.4. The third-order valence-electron chi connectivity index (χ3n) is 5.17. The van der Waals surface area contributed by atoms with Crippen molar-refractivity contribution in [2.24, 2.45) is 0 Å². The molecule has 0 N–H and O–H groups in total. The molecule has 3 aromatic rings. The van der Waals surface area contributed by atoms with Crippen LogP contribution in [-0.4, -0.2) is 32.3 Å². The van der Waals surface area contributed by atoms with Crippen LogP contribution >= 0.6 is 11.6 Å². The van der Waals surface area contributed by atoms with Gasteiger partial charge in [0.2, 0.25) is 0 Å². The Kier molecular flexibility index (Phi) is 6.29. The van der Waals surface area contributed by atoms with E-state index >= 15 is 0 Å². The van der Waals surface area contributed by atoms with E-state index in [0.717, 1.165) is 43.1 Å². The average molecular weight is 426 g/mol. The fourth-order valence-electron chi connectivity index (χ4n) is 3.62. The Bertz CT molecular complexity index is 1010. The van der Waals surface area contributed by atoms with E-state index in [4.69, 9.17) is 25.5 Å². The summed E-state index contributed by atoms with van der Waals surface area (Å²) in [6.45, 7) is 3.79. The van der Waals surface area contributed by atoms with E-state index in [1.807, 2.05) is 48.5 Å². The lowest BCUT2D eigenvalue weighted by atomic mass is 10.0. The van der Waals surface area contributed by atoms with Gasteiger partial charge >= 0.3 is 5.97 Å². The zero-order valence-electron chi connectivity index (χ0n) is 16.9. The molecule has 4 rings (SSSR count). The van der Waals surface area contributed by atoms with Crippen LogP contribution < -0.4 is 9.64 Å². The summed E-state index contributed by atoms with van der Waals surface area (Å²) in [7, 11) is 0. The molecule has 2 heterocycles. The van der Waals surface area contributed by atoms with E-state index in [9.17, 15) is 4.79 Å². The second-order valence-corrected chi connectivity index (χ2v) is 7.59. The number of rotatable bonds is 6. The number of nitrogens with zero attached hydrogens (tertiary/aromatic N) is 1. The van der Waals surface area contributed by atoms with Crippen LogP contribution in [0, 0.1) is 0 Å². The van der Waals surface area contributed by atoms with Crippen molar-refractivity contribution in [1.29, 1.82) is 0 Å². The number of carbonyl (C=O) groups excluding carboxylic acids is 1. The summed E-state index contributed by atoms with van der Waals surface area (Å²) in [6, 6.07) is 17.7. The highest BCUT2D eigenvalue weighted by Gasteiger charge is 2.18. The first-order chi connectivity index (χ1) is 14.6. The normalized spacial score (nSPS) is 13.5. The van der Waals surface area contributed by atoms with E-state index in [0.29, 0.717) is 17.4 Å². The van der Waals surface area contributed by atoms with Gasteiger partial charge in [0, 0.05) is 29.7 Å². The molecule has 156 valence electrons. The molecule has 0 fully saturated rings. The van der Waals surface area contributed by atoms with Crippen molar-refractivity contribution in [3.8, 4) is 17.1 Å². The van der Waals surface area contributed by atoms with E-state index in [1.165, 1.54) is 11.1 Å². The minimum atomic E-state index is -0.354. The van der Waals surface area contributed by atoms with Crippen molar-refractivity contribution >= 4 is 23.5 Å². The van der Waals surface area contributed by atoms with Crippen LogP contribution in [-0.2, 0) is 22.4 Å². The van der Waals surface area contributed by atoms with Crippen molar-refractivity contribution in [3.63, 3.8) is 0 Å². The molecule has 1 aliphatic heterocycles. The van der Waals surface area contributed by atoms with Crippen molar-refractivity contribution in [1.82, 2.24) is 0 Å². The molecule has 0 atom stereocenters. The number of anilines is 1. The van der Waals surface area contributed by atoms with Crippen molar-refractivity contribution in [2.45, 2.75) is 19.8 Å². The smallest absolute Gasteiger partial charge is 0.344 e. The molecule has 0 saturated heterocycles. The average Bonchev–Trinajstić information content (AvgIpc) is 3.14. The topological polar surface area (TPSA) is 51.9 Å². The molecule has 0 unspecified atom stereocenters. The number of hydrogen-bond acceptors (Lipinski definition) is 5. The van der Waals surface area contributed by atoms with Crippen LogP contribution in [0.2, 0.25) is 5.02 Å². The van der Waals surface area contributed by atoms with Gasteiger partial charge in [0.25, 0.3) is 0 Å². The van der Waals surface area contributed by atoms with Gasteiger partial charge in [-0.1, -0.05) is 17.7 Å². The first-order valence-electron chi connectivity index (χ1n) is 10.1. The maximum Gasteiger partial charge on any atom is 0.344 e. The molecule has 0 spiro atoms. The van der Waals surface area contributed by atoms with Crippen molar-refractivity contribution in [2.75, 3.05) is 31.2 Å². The number of benzene rings is 2. The van der Waals surface area contributed by atoms with Crippen LogP contribution in [0.4, 0.5) is 5.88 Å². The highest BCUT2D eigenvalue weighted by atomic mass is 35.5. The predicted octanol–water partition coefficient (Wildman–Crippen LogP) is 5.15. The van der Waals surface area contributed by atoms with Crippen molar-refractivity contribution in [3.05, 3.63) is 70.7 Å². The minimum Gasteiger partial charge on any atom is -0.482 e. The second-order valence-electron chi connectivity index (χ2n) is 7.16. The molecule has 0 amide bonds. The molecule has 6 heteroatoms. The Labute approximate surface area is 181 Å². The van der Waals surface area contributed by atoms with Gasteiger partial charge in [0.05, 0.1) is 6.61 Å². The quantitative estimate of drug-likeness (QED) is 0.511. The Hall–Kier alpha value is -2.92. The SMILES string of the molecule is CCOC(=O)COc1ccc2c(c1)CCN(c1ccc(-c3ccc(Cl)cc3)o1)CC2. The second kappa shape index (κ2) is 9.26. The van der Waals surface area contributed by atoms with Gasteiger partial charge in [-0.3, -0.25) is 0 Å². The number of furan rings is 1. The zero-order chi connectivity index (χ0) is 20.9. The van der Waals surface area contributed by atoms with Crippen LogP contribution in [0.3, 0.4) is 0 Å². The lowest BCUT2D eigenvalue weighted by molar-refractivity contribution is -0.145. The highest BCUT2D eigenvalue weighted by molar-refractivity contribution is 6.30. The molecular formula is C24H24ClNO4. The largest absolute Gasteiger partial charge is 0.482 e. The Morgan fingerprint density at radius 1 is 1.03 bits per heavy atom. The molecule has 1 aromatic heterocycles. The maximum absolute atomic E-state index is 11.5. The molecule has 0 saturated carbocycles. The highest BCUT2D eigenvalue weighted by Crippen LogP contribution is 2.30. The van der Waals surface area contributed by atoms with Gasteiger partial charge in [-0.15, -0.1) is 0 Å². The Morgan fingerprint density at radius 2 is 1.80 bits per heavy atom. The molecule has 1 aliphatic rings. The summed E-state index contributed by atoms with van der Waals surface area (Å²) in [4.78, 5) is 13.8. The maximum atomic E-state index is 11.5. The number of fused-ring (bicyclic) bond motifs is 1. The minimum absolute atomic E-state index is 0.0708. The van der Waals surface area contributed by atoms with Gasteiger partial charge in [-0.25, -0.2) is 4.79 Å². The molecule has 0 radical (unpaired) electrons. The van der Waals surface area contributed by atoms with Gasteiger partial charge in [0.15, 0.2) is 12.5 Å². The van der Waals surface area contributed by atoms with E-state index in [2.05, 4.69) is 11.0 Å². The van der Waals surface area contributed by atoms with Crippen LogP contribution in [0.5, 0.6) is 5.75 Å². The third-order valence-corrected chi connectivity index (χ3v) is 5.43. The van der Waals surface area contributed by atoms with E-state index in [-0.39, 0.29) is 12.6 Å². The number of halogens is 1. The summed E-state index contributed by atoms with van der Waals surface area (Å²) < 4.78 is 16.6. The lowest BCUT2D eigenvalue weighted by Gasteiger charge is -2.19. The van der Waals surface area contributed by atoms with Gasteiger partial charge in [-0.05, 0) is 73.4 Å². The number of hydrogen-bond donors (Lipinski definition) is 0. The number of carbonyl (C=O) groups is 1. The Balaban J connectivity index is 1.42. The fourth-order valence-corrected chi connectivity index (χ4v) is 3.75. The summed E-state index contributed by atoms with van der Waals surface area (Å²) in [6.07, 6.45) is 1.80. The lowest BCUT2D eigenvalue weighted by Crippen LogP contribution is -2.25. The van der Waals surface area contributed by atoms with Gasteiger partial charge in [0.1, 0.15) is 11.5 Å². The first-order valence-corrected chi connectivity index (χ1v) is 10.5. The third kappa shape index (κ3) is 4.79. The molecule has 5 nitrogen and oxygen atoms in total. The number of esters is 1. The summed E-state index contributed by atoms with van der Waals surface area (Å²) in [5.74, 6) is 2.04. The van der Waals surface area contributed by atoms with Crippen LogP contribution in [0.15, 0.2) is 59.0 Å². The molecular weight excluding hydrogens is 402 g/mol. The van der Waals surface area contributed by atoms with Gasteiger partial charge in [-0.2, -0.15) is 0 Å². The zero-order valence-corrected chi connectivity index (χ0v) is 17.7. The summed E-state index contributed by atoms with van der Waals surface area (Å²) in [5, 5.41) is 0.710. The standard InChI is InChI=1S/C24H24ClNO4/c1-2-28-24(27)16-29-21-8-5-17-11-13-26(14-12-19(17)15-21)23-10-9-22(30-23)18-3-6-20(25)7-4-18/h3-10,15H,2,11-14,16H2,1H3. The van der Waals surface area contributed by atoms with Crippen molar-refractivity contribution < 1.29 is 18.7 Å². The van der Waals surface area contributed by atoms with Crippen LogP contribution in [0.25, 0.3) is 11.3 Å². The number of ether oxygens (including phenoxy) is 2. The predicted molar refractivity (Wildman–Crippen MR) is 117 cm³/mol. The summed E-state index contributed by atoms with van der Waals surface area (Å²) in [5.41, 5.74) is 3.54. The molecule has 30 heavy (non-hydrogen) atoms. The molecule has 2 aromatic carbocycles. The fraction of sp³-hybridized carbons (Fsp3) is 0.292. The molecule has 0 aliphatic carbocycles. The van der Waals surface area contributed by atoms with E-state index < -0.39 is 0 Å². The van der Waals surface area contributed by atoms with Crippen LogP contribution in [0.1, 0.15) is 18.1 Å². The summed E-state index contributed by atoms with van der Waals surface area (Å²) >= 11 is 5.98. The van der Waals surface area contributed by atoms with E-state index in [1.54, 1.807) is 6.92 Å². The Morgan fingerprint density at radius 3 is 2.57 bits per heavy atom. The monoisotopic (exact) mass is 425 g/mol. The van der Waals surface area contributed by atoms with Gasteiger partial charge < -0.3 is 18.8 Å². The molecule has 0 bridgehead atoms.